The van der Waals surface area contributed by atoms with Gasteiger partial charge in [-0.1, -0.05) is 30.3 Å². The van der Waals surface area contributed by atoms with Crippen molar-refractivity contribution in [3.05, 3.63) is 71.3 Å². The number of nitrogens with one attached hydrogen (secondary N) is 1. The lowest BCUT2D eigenvalue weighted by molar-refractivity contribution is -0.137. The summed E-state index contributed by atoms with van der Waals surface area (Å²) < 4.78 is 38.0. The quantitative estimate of drug-likeness (QED) is 0.863. The van der Waals surface area contributed by atoms with Crippen LogP contribution in [0.5, 0.6) is 0 Å². The molecule has 27 heavy (non-hydrogen) atoms. The average molecular weight is 376 g/mol. The third kappa shape index (κ3) is 4.67. The largest absolute Gasteiger partial charge is 0.416 e. The second kappa shape index (κ2) is 7.82. The van der Waals surface area contributed by atoms with Crippen LogP contribution in [0.15, 0.2) is 54.6 Å². The minimum Gasteiger partial charge on any atom is -0.343 e. The van der Waals surface area contributed by atoms with Crippen molar-refractivity contribution in [1.29, 1.82) is 0 Å². The maximum absolute atomic E-state index is 12.7. The summed E-state index contributed by atoms with van der Waals surface area (Å²) >= 11 is 0. The molecule has 0 spiro atoms. The van der Waals surface area contributed by atoms with Crippen molar-refractivity contribution in [2.45, 2.75) is 25.1 Å². The molecule has 2 aromatic carbocycles. The molecule has 1 heterocycles. The zero-order valence-corrected chi connectivity index (χ0v) is 14.5. The maximum Gasteiger partial charge on any atom is 0.416 e. The Bertz CT molecular complexity index is 804. The number of nitrogens with zero attached hydrogens (tertiary/aromatic N) is 1. The van der Waals surface area contributed by atoms with Gasteiger partial charge in [0, 0.05) is 25.1 Å². The zero-order chi connectivity index (χ0) is 19.4. The molecule has 1 aliphatic rings. The number of carbonyl (C=O) groups excluding carboxylic acids is 2. The highest BCUT2D eigenvalue weighted by molar-refractivity contribution is 5.94. The number of hydrogen-bond donors (Lipinski definition) is 1. The maximum atomic E-state index is 12.7. The van der Waals surface area contributed by atoms with Crippen molar-refractivity contribution in [3.8, 4) is 0 Å². The van der Waals surface area contributed by atoms with E-state index < -0.39 is 23.7 Å². The minimum absolute atomic E-state index is 0.0414. The van der Waals surface area contributed by atoms with Crippen LogP contribution in [0.25, 0.3) is 0 Å². The molecule has 1 saturated heterocycles. The van der Waals surface area contributed by atoms with Crippen molar-refractivity contribution in [1.82, 2.24) is 10.2 Å². The predicted molar refractivity (Wildman–Crippen MR) is 93.9 cm³/mol. The Morgan fingerprint density at radius 2 is 1.74 bits per heavy atom. The van der Waals surface area contributed by atoms with E-state index in [2.05, 4.69) is 5.32 Å². The Kier molecular flexibility index (Phi) is 5.48. The van der Waals surface area contributed by atoms with Gasteiger partial charge >= 0.3 is 6.18 Å². The average Bonchev–Trinajstić information content (AvgIpc) is 3.06. The summed E-state index contributed by atoms with van der Waals surface area (Å²) in [7, 11) is 0. The van der Waals surface area contributed by atoms with Gasteiger partial charge in [0.15, 0.2) is 0 Å². The van der Waals surface area contributed by atoms with Crippen LogP contribution >= 0.6 is 0 Å². The molecule has 0 radical (unpaired) electrons. The first kappa shape index (κ1) is 18.9. The van der Waals surface area contributed by atoms with Crippen molar-refractivity contribution in [2.24, 2.45) is 0 Å². The summed E-state index contributed by atoms with van der Waals surface area (Å²) in [6, 6.07) is 12.8. The Morgan fingerprint density at radius 1 is 1.07 bits per heavy atom. The predicted octanol–water partition coefficient (Wildman–Crippen LogP) is 3.80. The molecule has 1 atom stereocenters. The van der Waals surface area contributed by atoms with Crippen molar-refractivity contribution in [2.75, 3.05) is 13.1 Å². The van der Waals surface area contributed by atoms with Gasteiger partial charge in [0.05, 0.1) is 11.6 Å². The lowest BCUT2D eigenvalue weighted by Gasteiger charge is -2.25. The van der Waals surface area contributed by atoms with E-state index >= 15 is 0 Å². The highest BCUT2D eigenvalue weighted by Crippen LogP contribution is 2.29. The smallest absolute Gasteiger partial charge is 0.343 e. The molecular formula is C20H19F3N2O2. The van der Waals surface area contributed by atoms with Crippen LogP contribution in [-0.4, -0.2) is 29.8 Å². The molecule has 2 amide bonds. The molecule has 3 rings (SSSR count). The SMILES string of the molecule is O=C(NC(CN1CCCC1=O)c1ccccc1)c1ccc(C(F)(F)F)cc1. The van der Waals surface area contributed by atoms with Gasteiger partial charge in [0.25, 0.3) is 5.91 Å². The van der Waals surface area contributed by atoms with E-state index in [0.717, 1.165) is 36.2 Å². The second-order valence-electron chi connectivity index (χ2n) is 6.46. The molecule has 4 nitrogen and oxygen atoms in total. The standard InChI is InChI=1S/C20H19F3N2O2/c21-20(22,23)16-10-8-15(9-11-16)19(27)24-17(14-5-2-1-3-6-14)13-25-12-4-7-18(25)26/h1-3,5-6,8-11,17H,4,7,12-13H2,(H,24,27). The first-order valence-electron chi connectivity index (χ1n) is 8.65. The second-order valence-corrected chi connectivity index (χ2v) is 6.46. The van der Waals surface area contributed by atoms with Crippen LogP contribution in [-0.2, 0) is 11.0 Å². The van der Waals surface area contributed by atoms with E-state index in [4.69, 9.17) is 0 Å². The number of halogens is 3. The highest BCUT2D eigenvalue weighted by Gasteiger charge is 2.30. The fourth-order valence-electron chi connectivity index (χ4n) is 3.09. The molecule has 142 valence electrons. The molecule has 7 heteroatoms. The van der Waals surface area contributed by atoms with Crippen LogP contribution in [0.2, 0.25) is 0 Å². The van der Waals surface area contributed by atoms with E-state index in [0.29, 0.717) is 19.5 Å². The van der Waals surface area contributed by atoms with Crippen LogP contribution in [0.1, 0.15) is 40.4 Å². The molecule has 0 aliphatic carbocycles. The number of likely N-dealkylation sites (tertiary alicyclic amines) is 1. The van der Waals surface area contributed by atoms with E-state index in [1.807, 2.05) is 30.3 Å². The van der Waals surface area contributed by atoms with Gasteiger partial charge in [-0.05, 0) is 36.2 Å². The Morgan fingerprint density at radius 3 is 2.30 bits per heavy atom. The van der Waals surface area contributed by atoms with Crippen molar-refractivity contribution < 1.29 is 22.8 Å². The number of amides is 2. The van der Waals surface area contributed by atoms with Crippen molar-refractivity contribution >= 4 is 11.8 Å². The number of carbonyl (C=O) groups is 2. The summed E-state index contributed by atoms with van der Waals surface area (Å²) in [5.41, 5.74) is 0.162. The Labute approximate surface area is 155 Å². The van der Waals surface area contributed by atoms with Crippen molar-refractivity contribution in [3.63, 3.8) is 0 Å². The van der Waals surface area contributed by atoms with Gasteiger partial charge in [-0.3, -0.25) is 9.59 Å². The molecule has 1 aliphatic heterocycles. The summed E-state index contributed by atoms with van der Waals surface area (Å²) in [5.74, 6) is -0.441. The first-order chi connectivity index (χ1) is 12.8. The van der Waals surface area contributed by atoms with Gasteiger partial charge in [-0.25, -0.2) is 0 Å². The van der Waals surface area contributed by atoms with E-state index in [1.165, 1.54) is 0 Å². The number of hydrogen-bond acceptors (Lipinski definition) is 2. The summed E-state index contributed by atoms with van der Waals surface area (Å²) in [4.78, 5) is 26.2. The molecular weight excluding hydrogens is 357 g/mol. The number of alkyl halides is 3. The molecule has 0 bridgehead atoms. The molecule has 1 fully saturated rings. The topological polar surface area (TPSA) is 49.4 Å². The molecule has 1 unspecified atom stereocenters. The van der Waals surface area contributed by atoms with Gasteiger partial charge < -0.3 is 10.2 Å². The fourth-order valence-corrected chi connectivity index (χ4v) is 3.09. The zero-order valence-electron chi connectivity index (χ0n) is 14.5. The highest BCUT2D eigenvalue weighted by atomic mass is 19.4. The lowest BCUT2D eigenvalue weighted by atomic mass is 10.0. The fraction of sp³-hybridized carbons (Fsp3) is 0.300. The van der Waals surface area contributed by atoms with Crippen LogP contribution in [0.3, 0.4) is 0 Å². The van der Waals surface area contributed by atoms with Crippen LogP contribution in [0, 0.1) is 0 Å². The van der Waals surface area contributed by atoms with Gasteiger partial charge in [0.2, 0.25) is 5.91 Å². The number of rotatable bonds is 5. The summed E-state index contributed by atoms with van der Waals surface area (Å²) in [6.07, 6.45) is -3.17. The third-order valence-electron chi connectivity index (χ3n) is 4.56. The minimum atomic E-state index is -4.45. The molecule has 1 N–H and O–H groups in total. The van der Waals surface area contributed by atoms with E-state index in [1.54, 1.807) is 4.90 Å². The third-order valence-corrected chi connectivity index (χ3v) is 4.56. The van der Waals surface area contributed by atoms with E-state index in [9.17, 15) is 22.8 Å². The normalized spacial score (nSPS) is 15.7. The lowest BCUT2D eigenvalue weighted by Crippen LogP contribution is -2.38. The van der Waals surface area contributed by atoms with Gasteiger partial charge in [-0.2, -0.15) is 13.2 Å². The van der Waals surface area contributed by atoms with Crippen LogP contribution in [0.4, 0.5) is 13.2 Å². The summed E-state index contributed by atoms with van der Waals surface area (Å²) in [5, 5.41) is 2.84. The van der Waals surface area contributed by atoms with Crippen LogP contribution < -0.4 is 5.32 Å². The number of benzene rings is 2. The summed E-state index contributed by atoms with van der Waals surface area (Å²) in [6.45, 7) is 0.966. The van der Waals surface area contributed by atoms with Gasteiger partial charge in [-0.15, -0.1) is 0 Å². The Hall–Kier alpha value is -2.83. The van der Waals surface area contributed by atoms with Gasteiger partial charge in [0.1, 0.15) is 0 Å². The first-order valence-corrected chi connectivity index (χ1v) is 8.65. The Balaban J connectivity index is 1.76. The monoisotopic (exact) mass is 376 g/mol. The molecule has 0 aromatic heterocycles. The molecule has 2 aromatic rings. The molecule has 0 saturated carbocycles. The van der Waals surface area contributed by atoms with E-state index in [-0.39, 0.29) is 11.5 Å².